The number of hydrogen-bond acceptors (Lipinski definition) is 4. The fourth-order valence-electron chi connectivity index (χ4n) is 1.39. The number of carbonyl (C=O) groups is 1. The monoisotopic (exact) mass is 288 g/mol. The van der Waals surface area contributed by atoms with E-state index in [4.69, 9.17) is 4.74 Å². The number of aliphatic hydroxyl groups excluding tert-OH is 1. The van der Waals surface area contributed by atoms with Gasteiger partial charge in [0.25, 0.3) is 0 Å². The zero-order chi connectivity index (χ0) is 12.3. The van der Waals surface area contributed by atoms with Crippen molar-refractivity contribution >= 4 is 21.9 Å². The minimum absolute atomic E-state index is 0.464. The molecule has 88 valence electrons. The van der Waals surface area contributed by atoms with E-state index in [2.05, 4.69) is 20.7 Å². The first-order valence-electron chi connectivity index (χ1n) is 4.61. The van der Waals surface area contributed by atoms with Crippen molar-refractivity contribution < 1.29 is 19.4 Å². The van der Waals surface area contributed by atoms with Crippen LogP contribution in [0.15, 0.2) is 16.6 Å². The van der Waals surface area contributed by atoms with Gasteiger partial charge in [0.15, 0.2) is 6.10 Å². The normalized spacial score (nSPS) is 12.1. The Kier molecular flexibility index (Phi) is 4.32. The molecule has 0 aliphatic heterocycles. The quantitative estimate of drug-likeness (QED) is 0.864. The third-order valence-corrected chi connectivity index (χ3v) is 3.10. The lowest BCUT2D eigenvalue weighted by Gasteiger charge is -2.15. The van der Waals surface area contributed by atoms with Crippen molar-refractivity contribution in [3.05, 3.63) is 27.7 Å². The third-order valence-electron chi connectivity index (χ3n) is 2.28. The first kappa shape index (κ1) is 13.0. The molecule has 0 radical (unpaired) electrons. The Labute approximate surface area is 102 Å². The first-order valence-corrected chi connectivity index (χ1v) is 5.41. The van der Waals surface area contributed by atoms with Gasteiger partial charge in [-0.2, -0.15) is 0 Å². The van der Waals surface area contributed by atoms with Crippen LogP contribution in [0.1, 0.15) is 17.2 Å². The highest BCUT2D eigenvalue weighted by molar-refractivity contribution is 9.10. The van der Waals surface area contributed by atoms with Crippen LogP contribution in [0.4, 0.5) is 0 Å². The van der Waals surface area contributed by atoms with E-state index in [1.54, 1.807) is 19.1 Å². The zero-order valence-electron chi connectivity index (χ0n) is 9.28. The Bertz CT molecular complexity index is 403. The first-order chi connectivity index (χ1) is 7.52. The van der Waals surface area contributed by atoms with Crippen molar-refractivity contribution in [3.63, 3.8) is 0 Å². The molecule has 0 amide bonds. The standard InChI is InChI=1S/C11H13BrO4/c1-6-4-5-7(15-2)9(12)8(6)10(13)11(14)16-3/h4-5,10,13H,1-3H3. The fourth-order valence-corrected chi connectivity index (χ4v) is 2.22. The van der Waals surface area contributed by atoms with Crippen molar-refractivity contribution in [2.75, 3.05) is 14.2 Å². The fraction of sp³-hybridized carbons (Fsp3) is 0.364. The molecular formula is C11H13BrO4. The van der Waals surface area contributed by atoms with Crippen LogP contribution in [0.3, 0.4) is 0 Å². The van der Waals surface area contributed by atoms with Gasteiger partial charge in [0.05, 0.1) is 18.7 Å². The van der Waals surface area contributed by atoms with Gasteiger partial charge in [-0.15, -0.1) is 0 Å². The second-order valence-electron chi connectivity index (χ2n) is 3.24. The van der Waals surface area contributed by atoms with Crippen molar-refractivity contribution in [1.29, 1.82) is 0 Å². The van der Waals surface area contributed by atoms with E-state index in [0.717, 1.165) is 5.56 Å². The van der Waals surface area contributed by atoms with Gasteiger partial charge in [-0.1, -0.05) is 6.07 Å². The van der Waals surface area contributed by atoms with Gasteiger partial charge >= 0.3 is 5.97 Å². The molecule has 0 saturated heterocycles. The summed E-state index contributed by atoms with van der Waals surface area (Å²) in [6, 6.07) is 3.53. The smallest absolute Gasteiger partial charge is 0.339 e. The van der Waals surface area contributed by atoms with E-state index in [1.165, 1.54) is 14.2 Å². The number of aliphatic hydroxyl groups is 1. The molecule has 5 heteroatoms. The lowest BCUT2D eigenvalue weighted by Crippen LogP contribution is -2.15. The van der Waals surface area contributed by atoms with Crippen LogP contribution in [0, 0.1) is 6.92 Å². The average Bonchev–Trinajstić information content (AvgIpc) is 2.28. The van der Waals surface area contributed by atoms with E-state index in [1.807, 2.05) is 0 Å². The molecule has 1 unspecified atom stereocenters. The molecule has 0 aliphatic rings. The van der Waals surface area contributed by atoms with Gasteiger partial charge in [-0.25, -0.2) is 4.79 Å². The molecule has 1 N–H and O–H groups in total. The molecule has 0 heterocycles. The van der Waals surface area contributed by atoms with Gasteiger partial charge in [-0.05, 0) is 34.5 Å². The van der Waals surface area contributed by atoms with Crippen LogP contribution in [0.2, 0.25) is 0 Å². The van der Waals surface area contributed by atoms with Gasteiger partial charge in [-0.3, -0.25) is 0 Å². The largest absolute Gasteiger partial charge is 0.496 e. The molecule has 0 aliphatic carbocycles. The average molecular weight is 289 g/mol. The molecule has 0 fully saturated rings. The lowest BCUT2D eigenvalue weighted by atomic mass is 10.0. The molecule has 1 atom stereocenters. The Hall–Kier alpha value is -1.07. The summed E-state index contributed by atoms with van der Waals surface area (Å²) in [5, 5.41) is 9.81. The molecule has 1 aromatic carbocycles. The predicted molar refractivity (Wildman–Crippen MR) is 62.4 cm³/mol. The Morgan fingerprint density at radius 1 is 1.44 bits per heavy atom. The summed E-state index contributed by atoms with van der Waals surface area (Å²) in [7, 11) is 2.75. The molecule has 0 bridgehead atoms. The summed E-state index contributed by atoms with van der Waals surface area (Å²) in [6.07, 6.45) is -1.31. The minimum Gasteiger partial charge on any atom is -0.496 e. The highest BCUT2D eigenvalue weighted by Crippen LogP contribution is 2.35. The van der Waals surface area contributed by atoms with E-state index in [-0.39, 0.29) is 0 Å². The van der Waals surface area contributed by atoms with Crippen LogP contribution in [-0.2, 0) is 9.53 Å². The third kappa shape index (κ3) is 2.36. The molecule has 16 heavy (non-hydrogen) atoms. The van der Waals surface area contributed by atoms with Crippen molar-refractivity contribution in [1.82, 2.24) is 0 Å². The summed E-state index contributed by atoms with van der Waals surface area (Å²) in [4.78, 5) is 11.3. The summed E-state index contributed by atoms with van der Waals surface area (Å²) >= 11 is 3.30. The topological polar surface area (TPSA) is 55.8 Å². The number of halogens is 1. The summed E-state index contributed by atoms with van der Waals surface area (Å²) in [6.45, 7) is 1.80. The number of methoxy groups -OCH3 is 2. The second kappa shape index (κ2) is 5.32. The van der Waals surface area contributed by atoms with E-state index in [0.29, 0.717) is 15.8 Å². The number of carbonyl (C=O) groups excluding carboxylic acids is 1. The minimum atomic E-state index is -1.31. The van der Waals surface area contributed by atoms with Crippen LogP contribution >= 0.6 is 15.9 Å². The van der Waals surface area contributed by atoms with Crippen LogP contribution < -0.4 is 4.74 Å². The Morgan fingerprint density at radius 3 is 2.56 bits per heavy atom. The maximum atomic E-state index is 11.3. The van der Waals surface area contributed by atoms with Gasteiger partial charge in [0, 0.05) is 5.56 Å². The second-order valence-corrected chi connectivity index (χ2v) is 4.03. The molecule has 1 aromatic rings. The molecule has 4 nitrogen and oxygen atoms in total. The van der Waals surface area contributed by atoms with Gasteiger partial charge in [0.2, 0.25) is 0 Å². The summed E-state index contributed by atoms with van der Waals surface area (Å²) in [5.74, 6) is -0.138. The van der Waals surface area contributed by atoms with Crippen molar-refractivity contribution in [3.8, 4) is 5.75 Å². The maximum Gasteiger partial charge on any atom is 0.339 e. The summed E-state index contributed by atoms with van der Waals surface area (Å²) < 4.78 is 10.2. The molecule has 0 saturated carbocycles. The number of esters is 1. The van der Waals surface area contributed by atoms with E-state index < -0.39 is 12.1 Å². The number of ether oxygens (including phenoxy) is 2. The van der Waals surface area contributed by atoms with Crippen LogP contribution in [-0.4, -0.2) is 25.3 Å². The molecule has 1 rings (SSSR count). The summed E-state index contributed by atoms with van der Waals surface area (Å²) in [5.41, 5.74) is 1.25. The highest BCUT2D eigenvalue weighted by atomic mass is 79.9. The molecular weight excluding hydrogens is 276 g/mol. The van der Waals surface area contributed by atoms with Gasteiger partial charge in [0.1, 0.15) is 5.75 Å². The Balaban J connectivity index is 3.26. The number of rotatable bonds is 3. The maximum absolute atomic E-state index is 11.3. The van der Waals surface area contributed by atoms with Crippen molar-refractivity contribution in [2.45, 2.75) is 13.0 Å². The van der Waals surface area contributed by atoms with Gasteiger partial charge < -0.3 is 14.6 Å². The van der Waals surface area contributed by atoms with E-state index in [9.17, 15) is 9.90 Å². The predicted octanol–water partition coefficient (Wildman–Crippen LogP) is 1.97. The van der Waals surface area contributed by atoms with E-state index >= 15 is 0 Å². The van der Waals surface area contributed by atoms with Crippen LogP contribution in [0.5, 0.6) is 5.75 Å². The zero-order valence-corrected chi connectivity index (χ0v) is 10.9. The SMILES string of the molecule is COC(=O)C(O)c1c(C)ccc(OC)c1Br. The number of benzene rings is 1. The lowest BCUT2D eigenvalue weighted by molar-refractivity contribution is -0.150. The molecule has 0 aromatic heterocycles. The number of aryl methyl sites for hydroxylation is 1. The van der Waals surface area contributed by atoms with Crippen molar-refractivity contribution in [2.24, 2.45) is 0 Å². The Morgan fingerprint density at radius 2 is 2.06 bits per heavy atom. The number of hydrogen-bond donors (Lipinski definition) is 1. The van der Waals surface area contributed by atoms with Crippen LogP contribution in [0.25, 0.3) is 0 Å². The molecule has 0 spiro atoms. The highest BCUT2D eigenvalue weighted by Gasteiger charge is 2.24.